The van der Waals surface area contributed by atoms with E-state index in [9.17, 15) is 9.59 Å². The van der Waals surface area contributed by atoms with Crippen molar-refractivity contribution in [3.63, 3.8) is 0 Å². The number of fused-ring (bicyclic) bond motifs is 1. The number of hydrogen-bond acceptors (Lipinski definition) is 6. The molecule has 2 aromatic carbocycles. The number of carbonyl (C=O) groups excluding carboxylic acids is 2. The monoisotopic (exact) mass is 398 g/mol. The number of rotatable bonds is 7. The van der Waals surface area contributed by atoms with Crippen molar-refractivity contribution in [1.29, 1.82) is 0 Å². The number of benzene rings is 2. The van der Waals surface area contributed by atoms with Crippen molar-refractivity contribution in [2.24, 2.45) is 0 Å². The molecule has 0 atom stereocenters. The van der Waals surface area contributed by atoms with E-state index in [0.717, 1.165) is 0 Å². The van der Waals surface area contributed by atoms with E-state index in [1.165, 1.54) is 14.2 Å². The van der Waals surface area contributed by atoms with Gasteiger partial charge in [0.15, 0.2) is 11.5 Å². The number of aromatic amines is 1. The Morgan fingerprint density at radius 2 is 1.72 bits per heavy atom. The van der Waals surface area contributed by atoms with Crippen molar-refractivity contribution in [1.82, 2.24) is 4.98 Å². The fourth-order valence-corrected chi connectivity index (χ4v) is 2.95. The highest BCUT2D eigenvalue weighted by Gasteiger charge is 2.22. The van der Waals surface area contributed by atoms with E-state index < -0.39 is 11.9 Å². The molecule has 0 aliphatic carbocycles. The number of ether oxygens (including phenoxy) is 4. The van der Waals surface area contributed by atoms with Crippen molar-refractivity contribution in [2.75, 3.05) is 33.3 Å². The number of nitrogens with one attached hydrogen (secondary N) is 2. The lowest BCUT2D eigenvalue weighted by atomic mass is 10.1. The summed E-state index contributed by atoms with van der Waals surface area (Å²) in [5, 5.41) is 3.43. The van der Waals surface area contributed by atoms with Gasteiger partial charge in [-0.2, -0.15) is 0 Å². The topological polar surface area (TPSA) is 98.9 Å². The highest BCUT2D eigenvalue weighted by molar-refractivity contribution is 6.14. The number of H-pyrrole nitrogens is 1. The molecule has 152 valence electrons. The molecular weight excluding hydrogens is 376 g/mol. The van der Waals surface area contributed by atoms with Crippen molar-refractivity contribution < 1.29 is 28.5 Å². The van der Waals surface area contributed by atoms with Crippen molar-refractivity contribution >= 4 is 28.5 Å². The van der Waals surface area contributed by atoms with E-state index in [1.54, 1.807) is 50.4 Å². The normalized spacial score (nSPS) is 10.5. The van der Waals surface area contributed by atoms with Crippen LogP contribution < -0.4 is 19.5 Å². The molecule has 3 aromatic rings. The molecule has 8 heteroatoms. The molecule has 0 unspecified atom stereocenters. The lowest BCUT2D eigenvalue weighted by Crippen LogP contribution is -2.15. The maximum Gasteiger partial charge on any atom is 0.356 e. The van der Waals surface area contributed by atoms with Crippen LogP contribution in [-0.2, 0) is 4.74 Å². The maximum atomic E-state index is 12.9. The van der Waals surface area contributed by atoms with Crippen LogP contribution in [0.4, 0.5) is 5.69 Å². The standard InChI is InChI=1S/C21H22N2O6/c1-5-29-21(25)19-18(14-11-13(26-2)7-8-15(14)22-19)23-20(24)12-6-9-16(27-3)17(10-12)28-4/h6-11,22H,5H2,1-4H3,(H,23,24). The van der Waals surface area contributed by atoms with Gasteiger partial charge in [0.2, 0.25) is 0 Å². The molecule has 3 rings (SSSR count). The van der Waals surface area contributed by atoms with E-state index in [0.29, 0.717) is 39.4 Å². The third-order valence-corrected chi connectivity index (χ3v) is 4.37. The number of esters is 1. The molecule has 1 heterocycles. The first-order valence-corrected chi connectivity index (χ1v) is 8.92. The second-order valence-corrected chi connectivity index (χ2v) is 6.03. The average Bonchev–Trinajstić information content (AvgIpc) is 3.10. The summed E-state index contributed by atoms with van der Waals surface area (Å²) in [6, 6.07) is 10.1. The number of aromatic nitrogens is 1. The van der Waals surface area contributed by atoms with Gasteiger partial charge in [0.05, 0.1) is 33.6 Å². The fourth-order valence-electron chi connectivity index (χ4n) is 2.95. The summed E-state index contributed by atoms with van der Waals surface area (Å²) in [5.41, 5.74) is 1.48. The molecule has 0 bridgehead atoms. The second kappa shape index (κ2) is 8.55. The van der Waals surface area contributed by atoms with Crippen LogP contribution in [-0.4, -0.2) is 44.8 Å². The zero-order chi connectivity index (χ0) is 21.0. The number of anilines is 1. The first kappa shape index (κ1) is 20.1. The fraction of sp³-hybridized carbons (Fsp3) is 0.238. The lowest BCUT2D eigenvalue weighted by Gasteiger charge is -2.11. The van der Waals surface area contributed by atoms with Crippen LogP contribution in [0, 0.1) is 0 Å². The first-order chi connectivity index (χ1) is 14.0. The van der Waals surface area contributed by atoms with E-state index in [-0.39, 0.29) is 12.3 Å². The summed E-state index contributed by atoms with van der Waals surface area (Å²) in [6.45, 7) is 1.92. The predicted molar refractivity (Wildman–Crippen MR) is 108 cm³/mol. The minimum absolute atomic E-state index is 0.156. The molecule has 1 aromatic heterocycles. The molecule has 2 N–H and O–H groups in total. The Morgan fingerprint density at radius 1 is 0.966 bits per heavy atom. The predicted octanol–water partition coefficient (Wildman–Crippen LogP) is 3.62. The van der Waals surface area contributed by atoms with Gasteiger partial charge in [-0.05, 0) is 43.3 Å². The Bertz CT molecular complexity index is 1060. The zero-order valence-electron chi connectivity index (χ0n) is 16.6. The van der Waals surface area contributed by atoms with Gasteiger partial charge in [-0.15, -0.1) is 0 Å². The third kappa shape index (κ3) is 3.96. The van der Waals surface area contributed by atoms with E-state index in [1.807, 2.05) is 0 Å². The Kier molecular flexibility index (Phi) is 5.92. The van der Waals surface area contributed by atoms with Crippen molar-refractivity contribution in [2.45, 2.75) is 6.92 Å². The Labute approximate surface area is 167 Å². The van der Waals surface area contributed by atoms with Crippen molar-refractivity contribution in [3.05, 3.63) is 47.7 Å². The summed E-state index contributed by atoms with van der Waals surface area (Å²) >= 11 is 0. The Hall–Kier alpha value is -3.68. The minimum Gasteiger partial charge on any atom is -0.497 e. The number of carbonyl (C=O) groups is 2. The first-order valence-electron chi connectivity index (χ1n) is 8.92. The highest BCUT2D eigenvalue weighted by atomic mass is 16.5. The minimum atomic E-state index is -0.565. The number of methoxy groups -OCH3 is 3. The largest absolute Gasteiger partial charge is 0.497 e. The highest BCUT2D eigenvalue weighted by Crippen LogP contribution is 2.33. The summed E-state index contributed by atoms with van der Waals surface area (Å²) in [6.07, 6.45) is 0. The lowest BCUT2D eigenvalue weighted by molar-refractivity contribution is 0.0522. The molecular formula is C21H22N2O6. The Balaban J connectivity index is 2.04. The van der Waals surface area contributed by atoms with Gasteiger partial charge in [0.25, 0.3) is 5.91 Å². The van der Waals surface area contributed by atoms with Gasteiger partial charge < -0.3 is 29.2 Å². The molecule has 0 aliphatic rings. The molecule has 0 spiro atoms. The second-order valence-electron chi connectivity index (χ2n) is 6.03. The summed E-state index contributed by atoms with van der Waals surface area (Å²) in [7, 11) is 4.55. The van der Waals surface area contributed by atoms with Crippen LogP contribution in [0.3, 0.4) is 0 Å². The maximum absolute atomic E-state index is 12.9. The SMILES string of the molecule is CCOC(=O)c1[nH]c2ccc(OC)cc2c1NC(=O)c1ccc(OC)c(OC)c1. The van der Waals surface area contributed by atoms with Gasteiger partial charge in [-0.25, -0.2) is 4.79 Å². The molecule has 1 amide bonds. The van der Waals surface area contributed by atoms with E-state index in [2.05, 4.69) is 10.3 Å². The average molecular weight is 398 g/mol. The molecule has 0 radical (unpaired) electrons. The molecule has 29 heavy (non-hydrogen) atoms. The van der Waals surface area contributed by atoms with Crippen LogP contribution in [0.15, 0.2) is 36.4 Å². The van der Waals surface area contributed by atoms with Crippen LogP contribution in [0.5, 0.6) is 17.2 Å². The summed E-state index contributed by atoms with van der Waals surface area (Å²) < 4.78 is 20.8. The van der Waals surface area contributed by atoms with Crippen LogP contribution in [0.25, 0.3) is 10.9 Å². The number of amides is 1. The quantitative estimate of drug-likeness (QED) is 0.590. The van der Waals surface area contributed by atoms with Crippen molar-refractivity contribution in [3.8, 4) is 17.2 Å². The van der Waals surface area contributed by atoms with Gasteiger partial charge in [-0.3, -0.25) is 4.79 Å². The van der Waals surface area contributed by atoms with Crippen LogP contribution in [0.1, 0.15) is 27.8 Å². The van der Waals surface area contributed by atoms with Gasteiger partial charge in [-0.1, -0.05) is 0 Å². The zero-order valence-corrected chi connectivity index (χ0v) is 16.6. The smallest absolute Gasteiger partial charge is 0.356 e. The van der Waals surface area contributed by atoms with Crippen LogP contribution in [0.2, 0.25) is 0 Å². The summed E-state index contributed by atoms with van der Waals surface area (Å²) in [5.74, 6) is 0.540. The Morgan fingerprint density at radius 3 is 2.38 bits per heavy atom. The number of hydrogen-bond donors (Lipinski definition) is 2. The van der Waals surface area contributed by atoms with E-state index >= 15 is 0 Å². The molecule has 0 fully saturated rings. The van der Waals surface area contributed by atoms with Gasteiger partial charge >= 0.3 is 5.97 Å². The van der Waals surface area contributed by atoms with Crippen LogP contribution >= 0.6 is 0 Å². The molecule has 8 nitrogen and oxygen atoms in total. The van der Waals surface area contributed by atoms with E-state index in [4.69, 9.17) is 18.9 Å². The van der Waals surface area contributed by atoms with Gasteiger partial charge in [0.1, 0.15) is 11.4 Å². The van der Waals surface area contributed by atoms with Gasteiger partial charge in [0, 0.05) is 16.5 Å². The molecule has 0 aliphatic heterocycles. The molecule has 0 saturated carbocycles. The third-order valence-electron chi connectivity index (χ3n) is 4.37. The summed E-state index contributed by atoms with van der Waals surface area (Å²) in [4.78, 5) is 28.3. The molecule has 0 saturated heterocycles.